The maximum Gasteiger partial charge on any atom is 0.247 e. The molecule has 158 valence electrons. The van der Waals surface area contributed by atoms with Gasteiger partial charge in [-0.25, -0.2) is 8.78 Å². The fourth-order valence-electron chi connectivity index (χ4n) is 3.47. The average molecular weight is 505 g/mol. The standard InChI is InChI=1S/C23H17BrClF2N3O/c1-11(15-7-14(24)4-5-18(15)26)30-23-17-8-16(13-3-6-21(31)28-10-13)19(27)9-20(17)29-12(2)22(23)25/h3-11H,1-2H3,(H,28,31)(H,29,30)/t11-/m1/s1. The normalized spacial score (nSPS) is 12.2. The predicted octanol–water partition coefficient (Wildman–Crippen LogP) is 6.77. The number of H-pyrrole nitrogens is 1. The lowest BCUT2D eigenvalue weighted by atomic mass is 10.0. The maximum absolute atomic E-state index is 14.9. The van der Waals surface area contributed by atoms with Gasteiger partial charge in [-0.2, -0.15) is 0 Å². The number of benzene rings is 2. The van der Waals surface area contributed by atoms with E-state index in [4.69, 9.17) is 11.6 Å². The van der Waals surface area contributed by atoms with E-state index in [-0.39, 0.29) is 16.9 Å². The van der Waals surface area contributed by atoms with Gasteiger partial charge in [0.05, 0.1) is 28.0 Å². The number of hydrogen-bond donors (Lipinski definition) is 2. The summed E-state index contributed by atoms with van der Waals surface area (Å²) in [5, 5.41) is 4.23. The number of aryl methyl sites for hydroxylation is 1. The van der Waals surface area contributed by atoms with E-state index >= 15 is 0 Å². The SMILES string of the molecule is Cc1nc2cc(F)c(-c3ccc(=O)[nH]c3)cc2c(N[C@H](C)c2cc(Br)ccc2F)c1Cl. The highest BCUT2D eigenvalue weighted by Crippen LogP contribution is 2.38. The van der Waals surface area contributed by atoms with Gasteiger partial charge >= 0.3 is 0 Å². The highest BCUT2D eigenvalue weighted by Gasteiger charge is 2.19. The predicted molar refractivity (Wildman–Crippen MR) is 124 cm³/mol. The molecule has 2 aromatic heterocycles. The Morgan fingerprint density at radius 1 is 1.13 bits per heavy atom. The van der Waals surface area contributed by atoms with Gasteiger partial charge in [0, 0.05) is 44.9 Å². The Bertz CT molecular complexity index is 1350. The second-order valence-corrected chi connectivity index (χ2v) is 8.50. The summed E-state index contributed by atoms with van der Waals surface area (Å²) in [6.45, 7) is 3.54. The largest absolute Gasteiger partial charge is 0.377 e. The van der Waals surface area contributed by atoms with Crippen LogP contribution in [-0.4, -0.2) is 9.97 Å². The third-order valence-electron chi connectivity index (χ3n) is 5.06. The van der Waals surface area contributed by atoms with Gasteiger partial charge in [0.2, 0.25) is 5.56 Å². The van der Waals surface area contributed by atoms with Crippen molar-refractivity contribution < 1.29 is 8.78 Å². The van der Waals surface area contributed by atoms with Crippen LogP contribution < -0.4 is 10.9 Å². The summed E-state index contributed by atoms with van der Waals surface area (Å²) in [5.41, 5.74) is 2.43. The number of aromatic nitrogens is 2. The molecule has 0 aliphatic rings. The topological polar surface area (TPSA) is 57.8 Å². The molecule has 0 bridgehead atoms. The maximum atomic E-state index is 14.9. The molecule has 0 saturated heterocycles. The molecule has 4 nitrogen and oxygen atoms in total. The highest BCUT2D eigenvalue weighted by molar-refractivity contribution is 9.10. The molecule has 2 aromatic carbocycles. The number of nitrogens with zero attached hydrogens (tertiary/aromatic N) is 1. The highest BCUT2D eigenvalue weighted by atomic mass is 79.9. The van der Waals surface area contributed by atoms with Crippen molar-refractivity contribution in [3.05, 3.63) is 91.4 Å². The van der Waals surface area contributed by atoms with E-state index in [9.17, 15) is 13.6 Å². The summed E-state index contributed by atoms with van der Waals surface area (Å²) in [4.78, 5) is 18.3. The van der Waals surface area contributed by atoms with Gasteiger partial charge in [0.1, 0.15) is 11.6 Å². The van der Waals surface area contributed by atoms with Crippen LogP contribution in [0.25, 0.3) is 22.0 Å². The first-order valence-electron chi connectivity index (χ1n) is 9.44. The molecule has 2 N–H and O–H groups in total. The van der Waals surface area contributed by atoms with Crippen molar-refractivity contribution in [1.29, 1.82) is 0 Å². The van der Waals surface area contributed by atoms with Crippen LogP contribution in [0.3, 0.4) is 0 Å². The molecule has 31 heavy (non-hydrogen) atoms. The van der Waals surface area contributed by atoms with Gasteiger partial charge in [-0.15, -0.1) is 0 Å². The van der Waals surface area contributed by atoms with Crippen molar-refractivity contribution in [2.45, 2.75) is 19.9 Å². The van der Waals surface area contributed by atoms with Crippen LogP contribution in [0.5, 0.6) is 0 Å². The van der Waals surface area contributed by atoms with Crippen LogP contribution >= 0.6 is 27.5 Å². The van der Waals surface area contributed by atoms with Crippen LogP contribution in [0.15, 0.2) is 57.9 Å². The molecule has 0 aliphatic heterocycles. The van der Waals surface area contributed by atoms with Crippen LogP contribution in [-0.2, 0) is 0 Å². The first-order chi connectivity index (χ1) is 14.7. The minimum atomic E-state index is -0.481. The quantitative estimate of drug-likeness (QED) is 0.323. The molecule has 4 rings (SSSR count). The number of nitrogens with one attached hydrogen (secondary N) is 2. The van der Waals surface area contributed by atoms with Crippen LogP contribution in [0.4, 0.5) is 14.5 Å². The Kier molecular flexibility index (Phi) is 5.81. The molecule has 8 heteroatoms. The molecular weight excluding hydrogens is 488 g/mol. The van der Waals surface area contributed by atoms with Crippen molar-refractivity contribution in [2.75, 3.05) is 5.32 Å². The number of fused-ring (bicyclic) bond motifs is 1. The van der Waals surface area contributed by atoms with E-state index in [1.54, 1.807) is 31.2 Å². The van der Waals surface area contributed by atoms with E-state index < -0.39 is 11.9 Å². The minimum absolute atomic E-state index is 0.280. The molecule has 0 unspecified atom stereocenters. The summed E-state index contributed by atoms with van der Waals surface area (Å²) in [6.07, 6.45) is 1.45. The third kappa shape index (κ3) is 4.20. The zero-order valence-electron chi connectivity index (χ0n) is 16.6. The summed E-state index contributed by atoms with van der Waals surface area (Å²) in [7, 11) is 0. The summed E-state index contributed by atoms with van der Waals surface area (Å²) < 4.78 is 30.0. The van der Waals surface area contributed by atoms with E-state index in [1.165, 1.54) is 24.4 Å². The molecule has 0 radical (unpaired) electrons. The molecule has 0 amide bonds. The number of hydrogen-bond acceptors (Lipinski definition) is 3. The van der Waals surface area contributed by atoms with Gasteiger partial charge in [-0.1, -0.05) is 27.5 Å². The molecule has 0 aliphatic carbocycles. The first kappa shape index (κ1) is 21.5. The van der Waals surface area contributed by atoms with Gasteiger partial charge in [-0.3, -0.25) is 9.78 Å². The van der Waals surface area contributed by atoms with Crippen molar-refractivity contribution >= 4 is 44.1 Å². The number of anilines is 1. The fraction of sp³-hybridized carbons (Fsp3) is 0.130. The van der Waals surface area contributed by atoms with Gasteiger partial charge < -0.3 is 10.3 Å². The van der Waals surface area contributed by atoms with E-state index in [2.05, 4.69) is 31.2 Å². The zero-order valence-corrected chi connectivity index (χ0v) is 18.9. The molecular formula is C23H17BrClF2N3O. The van der Waals surface area contributed by atoms with Crippen molar-refractivity contribution in [1.82, 2.24) is 9.97 Å². The first-order valence-corrected chi connectivity index (χ1v) is 10.6. The second-order valence-electron chi connectivity index (χ2n) is 7.21. The number of rotatable bonds is 4. The lowest BCUT2D eigenvalue weighted by Gasteiger charge is -2.20. The summed E-state index contributed by atoms with van der Waals surface area (Å²) >= 11 is 9.93. The molecule has 0 saturated carbocycles. The Morgan fingerprint density at radius 2 is 1.90 bits per heavy atom. The Hall–Kier alpha value is -2.77. The fourth-order valence-corrected chi connectivity index (χ4v) is 4.04. The Morgan fingerprint density at radius 3 is 2.61 bits per heavy atom. The molecule has 1 atom stereocenters. The van der Waals surface area contributed by atoms with E-state index in [1.807, 2.05) is 6.92 Å². The van der Waals surface area contributed by atoms with Gasteiger partial charge in [0.25, 0.3) is 0 Å². The second kappa shape index (κ2) is 8.40. The van der Waals surface area contributed by atoms with Crippen molar-refractivity contribution in [3.8, 4) is 11.1 Å². The van der Waals surface area contributed by atoms with Crippen molar-refractivity contribution in [2.24, 2.45) is 0 Å². The van der Waals surface area contributed by atoms with Gasteiger partial charge in [-0.05, 0) is 44.2 Å². The monoisotopic (exact) mass is 503 g/mol. The van der Waals surface area contributed by atoms with Crippen LogP contribution in [0.2, 0.25) is 5.02 Å². The number of pyridine rings is 2. The summed E-state index contributed by atoms with van der Waals surface area (Å²) in [5.74, 6) is -0.833. The molecule has 0 spiro atoms. The molecule has 4 aromatic rings. The van der Waals surface area contributed by atoms with Crippen LogP contribution in [0.1, 0.15) is 24.2 Å². The Balaban J connectivity index is 1.88. The lowest BCUT2D eigenvalue weighted by Crippen LogP contribution is -2.10. The average Bonchev–Trinajstić information content (AvgIpc) is 2.73. The molecule has 0 fully saturated rings. The van der Waals surface area contributed by atoms with Crippen molar-refractivity contribution in [3.63, 3.8) is 0 Å². The number of aromatic amines is 1. The Labute approximate surface area is 190 Å². The van der Waals surface area contributed by atoms with E-state index in [0.717, 1.165) is 4.47 Å². The van der Waals surface area contributed by atoms with E-state index in [0.29, 0.717) is 38.4 Å². The lowest BCUT2D eigenvalue weighted by molar-refractivity contribution is 0.600. The summed E-state index contributed by atoms with van der Waals surface area (Å²) in [6, 6.07) is 10.1. The minimum Gasteiger partial charge on any atom is -0.377 e. The smallest absolute Gasteiger partial charge is 0.247 e. The number of halogens is 4. The van der Waals surface area contributed by atoms with Crippen LogP contribution in [0, 0.1) is 18.6 Å². The van der Waals surface area contributed by atoms with Gasteiger partial charge in [0.15, 0.2) is 0 Å². The molecule has 2 heterocycles. The third-order valence-corrected chi connectivity index (χ3v) is 6.02. The zero-order chi connectivity index (χ0) is 22.3.